The van der Waals surface area contributed by atoms with E-state index in [9.17, 15) is 9.59 Å². The highest BCUT2D eigenvalue weighted by Crippen LogP contribution is 2.25. The Labute approximate surface area is 106 Å². The maximum atomic E-state index is 11.9. The molecule has 0 saturated heterocycles. The van der Waals surface area contributed by atoms with Crippen molar-refractivity contribution in [2.24, 2.45) is 0 Å². The molecule has 0 heterocycles. The Kier molecular flexibility index (Phi) is 5.22. The zero-order chi connectivity index (χ0) is 12.8. The molecular formula is C13H16O3S. The molecule has 0 aliphatic rings. The van der Waals surface area contributed by atoms with E-state index in [4.69, 9.17) is 4.74 Å². The fourth-order valence-corrected chi connectivity index (χ4v) is 2.15. The van der Waals surface area contributed by atoms with E-state index in [-0.39, 0.29) is 5.78 Å². The largest absolute Gasteiger partial charge is 0.462 e. The summed E-state index contributed by atoms with van der Waals surface area (Å²) >= 11 is 1.44. The first-order valence-electron chi connectivity index (χ1n) is 5.53. The normalized spacial score (nSPS) is 10.1. The van der Waals surface area contributed by atoms with E-state index in [0.29, 0.717) is 24.2 Å². The number of hydrogen-bond donors (Lipinski definition) is 0. The summed E-state index contributed by atoms with van der Waals surface area (Å²) in [5, 5.41) is 0. The third kappa shape index (κ3) is 3.09. The predicted molar refractivity (Wildman–Crippen MR) is 68.8 cm³/mol. The minimum absolute atomic E-state index is 0.0380. The summed E-state index contributed by atoms with van der Waals surface area (Å²) in [6.07, 6.45) is 2.25. The molecular weight excluding hydrogens is 236 g/mol. The minimum Gasteiger partial charge on any atom is -0.462 e. The van der Waals surface area contributed by atoms with Crippen LogP contribution in [-0.4, -0.2) is 24.6 Å². The highest BCUT2D eigenvalue weighted by molar-refractivity contribution is 7.98. The molecule has 0 aliphatic heterocycles. The van der Waals surface area contributed by atoms with Crippen molar-refractivity contribution >= 4 is 23.5 Å². The molecule has 4 heteroatoms. The predicted octanol–water partition coefficient (Wildman–Crippen LogP) is 3.18. The lowest BCUT2D eigenvalue weighted by molar-refractivity contribution is 0.0519. The highest BCUT2D eigenvalue weighted by atomic mass is 32.2. The van der Waals surface area contributed by atoms with Gasteiger partial charge in [0.05, 0.1) is 12.2 Å². The van der Waals surface area contributed by atoms with Gasteiger partial charge in [-0.25, -0.2) is 4.79 Å². The molecule has 92 valence electrons. The van der Waals surface area contributed by atoms with Crippen LogP contribution in [0.15, 0.2) is 23.1 Å². The molecule has 1 aromatic rings. The number of hydrogen-bond acceptors (Lipinski definition) is 4. The van der Waals surface area contributed by atoms with Gasteiger partial charge in [-0.3, -0.25) is 4.79 Å². The maximum absolute atomic E-state index is 11.9. The van der Waals surface area contributed by atoms with E-state index >= 15 is 0 Å². The quantitative estimate of drug-likeness (QED) is 0.458. The van der Waals surface area contributed by atoms with Crippen LogP contribution in [0.5, 0.6) is 0 Å². The number of rotatable bonds is 5. The standard InChI is InChI=1S/C13H16O3S/c1-4-10(14)9-7-6-8-11(17-3)12(9)13(15)16-5-2/h6-8H,4-5H2,1-3H3. The second kappa shape index (κ2) is 6.45. The number of carbonyl (C=O) groups excluding carboxylic acids is 2. The second-order valence-electron chi connectivity index (χ2n) is 3.38. The van der Waals surface area contributed by atoms with Crippen molar-refractivity contribution in [1.29, 1.82) is 0 Å². The van der Waals surface area contributed by atoms with E-state index in [1.54, 1.807) is 26.0 Å². The number of carbonyl (C=O) groups is 2. The lowest BCUT2D eigenvalue weighted by Gasteiger charge is -2.11. The zero-order valence-corrected chi connectivity index (χ0v) is 11.1. The molecule has 17 heavy (non-hydrogen) atoms. The summed E-state index contributed by atoms with van der Waals surface area (Å²) in [6, 6.07) is 5.29. The molecule has 0 N–H and O–H groups in total. The van der Waals surface area contributed by atoms with Crippen molar-refractivity contribution in [2.75, 3.05) is 12.9 Å². The first kappa shape index (κ1) is 13.8. The van der Waals surface area contributed by atoms with Crippen molar-refractivity contribution in [2.45, 2.75) is 25.2 Å². The maximum Gasteiger partial charge on any atom is 0.340 e. The summed E-state index contributed by atoms with van der Waals surface area (Å²) in [7, 11) is 0. The first-order valence-corrected chi connectivity index (χ1v) is 6.75. The number of ether oxygens (including phenoxy) is 1. The van der Waals surface area contributed by atoms with Gasteiger partial charge >= 0.3 is 5.97 Å². The lowest BCUT2D eigenvalue weighted by Crippen LogP contribution is -2.12. The molecule has 0 aromatic heterocycles. The van der Waals surface area contributed by atoms with Gasteiger partial charge in [-0.05, 0) is 19.2 Å². The van der Waals surface area contributed by atoms with Crippen LogP contribution < -0.4 is 0 Å². The van der Waals surface area contributed by atoms with Crippen LogP contribution in [0.3, 0.4) is 0 Å². The molecule has 1 rings (SSSR count). The third-order valence-electron chi connectivity index (χ3n) is 2.35. The van der Waals surface area contributed by atoms with Crippen LogP contribution in [0.25, 0.3) is 0 Å². The van der Waals surface area contributed by atoms with Crippen LogP contribution in [0.2, 0.25) is 0 Å². The summed E-state index contributed by atoms with van der Waals surface area (Å²) in [5.41, 5.74) is 0.853. The van der Waals surface area contributed by atoms with Gasteiger partial charge in [0.1, 0.15) is 0 Å². The monoisotopic (exact) mass is 252 g/mol. The Hall–Kier alpha value is -1.29. The SMILES string of the molecule is CCOC(=O)c1c(SC)cccc1C(=O)CC. The van der Waals surface area contributed by atoms with Gasteiger partial charge in [-0.2, -0.15) is 0 Å². The van der Waals surface area contributed by atoms with E-state index in [1.807, 2.05) is 12.3 Å². The number of benzene rings is 1. The van der Waals surface area contributed by atoms with Crippen LogP contribution in [0.1, 0.15) is 41.0 Å². The van der Waals surface area contributed by atoms with Crippen LogP contribution in [0, 0.1) is 0 Å². The molecule has 0 radical (unpaired) electrons. The van der Waals surface area contributed by atoms with Gasteiger partial charge < -0.3 is 4.74 Å². The van der Waals surface area contributed by atoms with E-state index in [1.165, 1.54) is 11.8 Å². The number of thioether (sulfide) groups is 1. The van der Waals surface area contributed by atoms with E-state index in [0.717, 1.165) is 4.90 Å². The molecule has 0 bridgehead atoms. The minimum atomic E-state index is -0.422. The lowest BCUT2D eigenvalue weighted by atomic mass is 10.0. The van der Waals surface area contributed by atoms with Crippen molar-refractivity contribution in [3.63, 3.8) is 0 Å². The molecule has 0 amide bonds. The van der Waals surface area contributed by atoms with Crippen molar-refractivity contribution in [3.05, 3.63) is 29.3 Å². The van der Waals surface area contributed by atoms with Crippen molar-refractivity contribution in [3.8, 4) is 0 Å². The Morgan fingerprint density at radius 3 is 2.53 bits per heavy atom. The average Bonchev–Trinajstić information content (AvgIpc) is 2.37. The van der Waals surface area contributed by atoms with Gasteiger partial charge in [-0.1, -0.05) is 19.1 Å². The summed E-state index contributed by atoms with van der Waals surface area (Å²) in [5.74, 6) is -0.460. The van der Waals surface area contributed by atoms with Crippen LogP contribution in [0.4, 0.5) is 0 Å². The third-order valence-corrected chi connectivity index (χ3v) is 3.13. The molecule has 0 unspecified atom stereocenters. The van der Waals surface area contributed by atoms with Crippen molar-refractivity contribution in [1.82, 2.24) is 0 Å². The molecule has 0 aliphatic carbocycles. The smallest absolute Gasteiger partial charge is 0.340 e. The van der Waals surface area contributed by atoms with Crippen LogP contribution in [-0.2, 0) is 4.74 Å². The fourth-order valence-electron chi connectivity index (χ4n) is 1.54. The van der Waals surface area contributed by atoms with Gasteiger partial charge in [0.15, 0.2) is 5.78 Å². The van der Waals surface area contributed by atoms with E-state index in [2.05, 4.69) is 0 Å². The topological polar surface area (TPSA) is 43.4 Å². The molecule has 0 fully saturated rings. The fraction of sp³-hybridized carbons (Fsp3) is 0.385. The van der Waals surface area contributed by atoms with E-state index < -0.39 is 5.97 Å². The van der Waals surface area contributed by atoms with Crippen LogP contribution >= 0.6 is 11.8 Å². The summed E-state index contributed by atoms with van der Waals surface area (Å²) in [6.45, 7) is 3.84. The average molecular weight is 252 g/mol. The Morgan fingerprint density at radius 1 is 1.29 bits per heavy atom. The Morgan fingerprint density at radius 2 is 2.00 bits per heavy atom. The first-order chi connectivity index (χ1) is 8.15. The van der Waals surface area contributed by atoms with Crippen molar-refractivity contribution < 1.29 is 14.3 Å². The molecule has 1 aromatic carbocycles. The molecule has 0 saturated carbocycles. The Bertz CT molecular complexity index is 427. The Balaban J connectivity index is 3.30. The van der Waals surface area contributed by atoms with Gasteiger partial charge in [0.25, 0.3) is 0 Å². The van der Waals surface area contributed by atoms with Gasteiger partial charge in [0, 0.05) is 16.9 Å². The summed E-state index contributed by atoms with van der Waals surface area (Å²) in [4.78, 5) is 24.5. The van der Waals surface area contributed by atoms with Gasteiger partial charge in [0.2, 0.25) is 0 Å². The molecule has 0 spiro atoms. The molecule has 3 nitrogen and oxygen atoms in total. The number of ketones is 1. The number of esters is 1. The second-order valence-corrected chi connectivity index (χ2v) is 4.23. The number of Topliss-reactive ketones (excluding diaryl/α,β-unsaturated/α-hetero) is 1. The summed E-state index contributed by atoms with van der Waals surface area (Å²) < 4.78 is 5.00. The zero-order valence-electron chi connectivity index (χ0n) is 10.3. The molecule has 0 atom stereocenters. The van der Waals surface area contributed by atoms with Gasteiger partial charge in [-0.15, -0.1) is 11.8 Å². The highest BCUT2D eigenvalue weighted by Gasteiger charge is 2.20.